The molecule has 29 heavy (non-hydrogen) atoms. The molecule has 0 spiro atoms. The number of carbonyl (C=O) groups is 2. The molecule has 2 aromatic rings. The molecular weight excluding hydrogens is 414 g/mol. The van der Waals surface area contributed by atoms with Crippen LogP contribution < -0.4 is 14.8 Å². The molecule has 1 unspecified atom stereocenters. The zero-order valence-corrected chi connectivity index (χ0v) is 17.1. The average molecular weight is 432 g/mol. The van der Waals surface area contributed by atoms with E-state index in [9.17, 15) is 9.59 Å². The van der Waals surface area contributed by atoms with E-state index in [1.807, 2.05) is 6.92 Å². The van der Waals surface area contributed by atoms with Gasteiger partial charge in [-0.15, -0.1) is 0 Å². The van der Waals surface area contributed by atoms with Gasteiger partial charge in [0.05, 0.1) is 5.69 Å². The van der Waals surface area contributed by atoms with Crippen LogP contribution in [0.4, 0.5) is 11.4 Å². The standard InChI is InChI=1S/C20H18ClN3O4S/c1-2-24-18(25)10-17(19(26)22-13-5-3-4-12(21)8-13)29-20(24)23-14-6-7-15-16(9-14)28-11-27-15/h3-9,17H,2,10-11H2,1H3,(H,22,26). The average Bonchev–Trinajstić information content (AvgIpc) is 3.15. The Bertz CT molecular complexity index is 997. The molecule has 9 heteroatoms. The summed E-state index contributed by atoms with van der Waals surface area (Å²) in [4.78, 5) is 31.5. The van der Waals surface area contributed by atoms with Crippen LogP contribution in [0.1, 0.15) is 13.3 Å². The van der Waals surface area contributed by atoms with Crippen molar-refractivity contribution < 1.29 is 19.1 Å². The Hall–Kier alpha value is -2.71. The number of hydrogen-bond donors (Lipinski definition) is 1. The summed E-state index contributed by atoms with van der Waals surface area (Å²) in [6.45, 7) is 2.52. The molecule has 7 nitrogen and oxygen atoms in total. The van der Waals surface area contributed by atoms with E-state index < -0.39 is 5.25 Å². The fraction of sp³-hybridized carbons (Fsp3) is 0.250. The smallest absolute Gasteiger partial charge is 0.238 e. The Labute approximate surface area is 177 Å². The third kappa shape index (κ3) is 4.33. The first kappa shape index (κ1) is 19.6. The molecule has 4 rings (SSSR count). The van der Waals surface area contributed by atoms with Crippen LogP contribution in [0.3, 0.4) is 0 Å². The van der Waals surface area contributed by atoms with Gasteiger partial charge in [0.25, 0.3) is 0 Å². The Morgan fingerprint density at radius 2 is 2.10 bits per heavy atom. The van der Waals surface area contributed by atoms with Crippen LogP contribution in [0, 0.1) is 0 Å². The zero-order chi connectivity index (χ0) is 20.4. The van der Waals surface area contributed by atoms with Gasteiger partial charge in [-0.2, -0.15) is 0 Å². The van der Waals surface area contributed by atoms with Crippen LogP contribution in [0.25, 0.3) is 0 Å². The number of halogens is 1. The molecule has 0 bridgehead atoms. The summed E-state index contributed by atoms with van der Waals surface area (Å²) >= 11 is 7.24. The number of benzene rings is 2. The second-order valence-electron chi connectivity index (χ2n) is 6.38. The Kier molecular flexibility index (Phi) is 5.64. The van der Waals surface area contributed by atoms with Crippen molar-refractivity contribution in [2.24, 2.45) is 4.99 Å². The summed E-state index contributed by atoms with van der Waals surface area (Å²) < 4.78 is 10.7. The highest BCUT2D eigenvalue weighted by molar-refractivity contribution is 8.15. The van der Waals surface area contributed by atoms with Gasteiger partial charge < -0.3 is 14.8 Å². The topological polar surface area (TPSA) is 80.2 Å². The maximum atomic E-state index is 12.7. The van der Waals surface area contributed by atoms with E-state index in [0.717, 1.165) is 0 Å². The van der Waals surface area contributed by atoms with Crippen molar-refractivity contribution in [1.29, 1.82) is 0 Å². The first-order chi connectivity index (χ1) is 14.0. The normalized spacial score (nSPS) is 19.5. The molecule has 1 fully saturated rings. The molecule has 2 aromatic carbocycles. The molecule has 2 amide bonds. The van der Waals surface area contributed by atoms with Crippen LogP contribution in [0.5, 0.6) is 11.5 Å². The minimum absolute atomic E-state index is 0.102. The van der Waals surface area contributed by atoms with E-state index in [1.54, 1.807) is 47.4 Å². The molecule has 150 valence electrons. The van der Waals surface area contributed by atoms with Gasteiger partial charge in [0, 0.05) is 29.7 Å². The van der Waals surface area contributed by atoms with Crippen LogP contribution in [-0.2, 0) is 9.59 Å². The maximum Gasteiger partial charge on any atom is 0.238 e. The number of ether oxygens (including phenoxy) is 2. The van der Waals surface area contributed by atoms with Crippen molar-refractivity contribution in [3.05, 3.63) is 47.5 Å². The van der Waals surface area contributed by atoms with Gasteiger partial charge in [-0.1, -0.05) is 29.4 Å². The molecule has 0 aliphatic carbocycles. The van der Waals surface area contributed by atoms with Gasteiger partial charge in [-0.3, -0.25) is 14.5 Å². The molecular formula is C20H18ClN3O4S. The summed E-state index contributed by atoms with van der Waals surface area (Å²) in [6, 6.07) is 12.2. The second kappa shape index (κ2) is 8.34. The highest BCUT2D eigenvalue weighted by Crippen LogP contribution is 2.36. The fourth-order valence-electron chi connectivity index (χ4n) is 3.01. The van der Waals surface area contributed by atoms with Crippen molar-refractivity contribution >= 4 is 51.7 Å². The maximum absolute atomic E-state index is 12.7. The number of thioether (sulfide) groups is 1. The van der Waals surface area contributed by atoms with Crippen LogP contribution >= 0.6 is 23.4 Å². The monoisotopic (exact) mass is 431 g/mol. The number of carbonyl (C=O) groups excluding carboxylic acids is 2. The molecule has 1 saturated heterocycles. The Balaban J connectivity index is 1.56. The number of anilines is 1. The lowest BCUT2D eigenvalue weighted by Crippen LogP contribution is -2.45. The highest BCUT2D eigenvalue weighted by Gasteiger charge is 2.35. The van der Waals surface area contributed by atoms with E-state index in [2.05, 4.69) is 10.3 Å². The summed E-state index contributed by atoms with van der Waals surface area (Å²) in [5.41, 5.74) is 1.21. The summed E-state index contributed by atoms with van der Waals surface area (Å²) in [6.07, 6.45) is 0.102. The lowest BCUT2D eigenvalue weighted by molar-refractivity contribution is -0.129. The molecule has 0 saturated carbocycles. The summed E-state index contributed by atoms with van der Waals surface area (Å²) in [5, 5.41) is 3.24. The number of aliphatic imine (C=N–C) groups is 1. The van der Waals surface area contributed by atoms with E-state index >= 15 is 0 Å². The molecule has 0 aromatic heterocycles. The molecule has 2 aliphatic rings. The predicted octanol–water partition coefficient (Wildman–Crippen LogP) is 4.05. The number of nitrogens with zero attached hydrogens (tertiary/aromatic N) is 2. The van der Waals surface area contributed by atoms with E-state index in [0.29, 0.717) is 39.6 Å². The van der Waals surface area contributed by atoms with Gasteiger partial charge in [-0.25, -0.2) is 4.99 Å². The van der Waals surface area contributed by atoms with Crippen molar-refractivity contribution in [3.8, 4) is 11.5 Å². The number of amides is 2. The summed E-state index contributed by atoms with van der Waals surface area (Å²) in [5.74, 6) is 0.862. The minimum atomic E-state index is -0.586. The first-order valence-electron chi connectivity index (χ1n) is 9.05. The molecule has 1 N–H and O–H groups in total. The zero-order valence-electron chi connectivity index (χ0n) is 15.6. The van der Waals surface area contributed by atoms with E-state index in [4.69, 9.17) is 21.1 Å². The predicted molar refractivity (Wildman–Crippen MR) is 113 cm³/mol. The first-order valence-corrected chi connectivity index (χ1v) is 10.3. The van der Waals surface area contributed by atoms with Gasteiger partial charge >= 0.3 is 0 Å². The Morgan fingerprint density at radius 3 is 2.90 bits per heavy atom. The Morgan fingerprint density at radius 1 is 1.28 bits per heavy atom. The number of fused-ring (bicyclic) bond motifs is 1. The molecule has 1 atom stereocenters. The van der Waals surface area contributed by atoms with Crippen LogP contribution in [0.2, 0.25) is 5.02 Å². The van der Waals surface area contributed by atoms with Crippen LogP contribution in [-0.4, -0.2) is 40.5 Å². The highest BCUT2D eigenvalue weighted by atomic mass is 35.5. The van der Waals surface area contributed by atoms with E-state index in [-0.39, 0.29) is 25.0 Å². The minimum Gasteiger partial charge on any atom is -0.454 e. The van der Waals surface area contributed by atoms with Gasteiger partial charge in [0.2, 0.25) is 18.6 Å². The van der Waals surface area contributed by atoms with Crippen molar-refractivity contribution in [1.82, 2.24) is 4.90 Å². The fourth-order valence-corrected chi connectivity index (χ4v) is 4.36. The molecule has 2 aliphatic heterocycles. The summed E-state index contributed by atoms with van der Waals surface area (Å²) in [7, 11) is 0. The quantitative estimate of drug-likeness (QED) is 0.789. The van der Waals surface area contributed by atoms with Gasteiger partial charge in [0.15, 0.2) is 16.7 Å². The number of nitrogens with one attached hydrogen (secondary N) is 1. The van der Waals surface area contributed by atoms with Gasteiger partial charge in [-0.05, 0) is 37.3 Å². The second-order valence-corrected chi connectivity index (χ2v) is 7.99. The number of amidine groups is 1. The number of hydrogen-bond acceptors (Lipinski definition) is 6. The van der Waals surface area contributed by atoms with Crippen molar-refractivity contribution in [2.45, 2.75) is 18.6 Å². The van der Waals surface area contributed by atoms with Gasteiger partial charge in [0.1, 0.15) is 5.25 Å². The van der Waals surface area contributed by atoms with Crippen molar-refractivity contribution in [2.75, 3.05) is 18.7 Å². The SMILES string of the molecule is CCN1C(=O)CC(C(=O)Nc2cccc(Cl)c2)SC1=Nc1ccc2c(c1)OCO2. The third-order valence-corrected chi connectivity index (χ3v) is 5.84. The molecule has 2 heterocycles. The van der Waals surface area contributed by atoms with E-state index in [1.165, 1.54) is 11.8 Å². The largest absolute Gasteiger partial charge is 0.454 e. The third-order valence-electron chi connectivity index (χ3n) is 4.42. The lowest BCUT2D eigenvalue weighted by atomic mass is 10.2. The lowest BCUT2D eigenvalue weighted by Gasteiger charge is -2.30. The molecule has 0 radical (unpaired) electrons. The van der Waals surface area contributed by atoms with Crippen LogP contribution in [0.15, 0.2) is 47.5 Å². The van der Waals surface area contributed by atoms with Crippen molar-refractivity contribution in [3.63, 3.8) is 0 Å². The number of rotatable bonds is 4.